The van der Waals surface area contributed by atoms with E-state index < -0.39 is 0 Å². The summed E-state index contributed by atoms with van der Waals surface area (Å²) in [6.45, 7) is 0. The van der Waals surface area contributed by atoms with Crippen LogP contribution in [-0.4, -0.2) is 19.0 Å². The minimum atomic E-state index is 0.0236. The minimum Gasteiger partial charge on any atom is -0.399 e. The Balaban J connectivity index is 1.64. The molecule has 0 saturated heterocycles. The first-order valence-electron chi connectivity index (χ1n) is 9.10. The number of nitrogens with zero attached hydrogens (tertiary/aromatic N) is 1. The van der Waals surface area contributed by atoms with Crippen LogP contribution in [0.5, 0.6) is 0 Å². The summed E-state index contributed by atoms with van der Waals surface area (Å²) in [7, 11) is 2.13. The van der Waals surface area contributed by atoms with Gasteiger partial charge in [0, 0.05) is 25.2 Å². The van der Waals surface area contributed by atoms with Gasteiger partial charge in [-0.25, -0.2) is 0 Å². The molecule has 0 atom stereocenters. The molecule has 0 spiro atoms. The molecule has 0 unspecified atom stereocenters. The molecule has 4 heteroatoms. The van der Waals surface area contributed by atoms with Gasteiger partial charge in [0.25, 0.3) is 0 Å². The second kappa shape index (κ2) is 8.06. The molecule has 1 amide bonds. The number of hydrogen-bond donors (Lipinski definition) is 2. The molecule has 0 radical (unpaired) electrons. The number of aryl methyl sites for hydroxylation is 1. The van der Waals surface area contributed by atoms with Gasteiger partial charge in [0.1, 0.15) is 0 Å². The fraction of sp³-hybridized carbons (Fsp3) is 0.381. The summed E-state index contributed by atoms with van der Waals surface area (Å²) >= 11 is 0. The Hall–Kier alpha value is -2.49. The van der Waals surface area contributed by atoms with Crippen LogP contribution in [0.3, 0.4) is 0 Å². The molecule has 0 bridgehead atoms. The number of anilines is 3. The van der Waals surface area contributed by atoms with Crippen LogP contribution in [0.2, 0.25) is 0 Å². The van der Waals surface area contributed by atoms with E-state index in [0.717, 1.165) is 22.6 Å². The average Bonchev–Trinajstić information content (AvgIpc) is 3.15. The van der Waals surface area contributed by atoms with Crippen LogP contribution in [0.25, 0.3) is 0 Å². The van der Waals surface area contributed by atoms with Crippen molar-refractivity contribution in [2.24, 2.45) is 0 Å². The molecule has 3 rings (SSSR count). The molecule has 0 aromatic heterocycles. The van der Waals surface area contributed by atoms with Gasteiger partial charge >= 0.3 is 0 Å². The zero-order chi connectivity index (χ0) is 17.6. The molecule has 2 aromatic rings. The molecule has 1 aliphatic rings. The summed E-state index contributed by atoms with van der Waals surface area (Å²) in [5, 5.41) is 3.08. The van der Waals surface area contributed by atoms with Crippen molar-refractivity contribution in [3.63, 3.8) is 0 Å². The van der Waals surface area contributed by atoms with E-state index in [9.17, 15) is 4.79 Å². The van der Waals surface area contributed by atoms with Gasteiger partial charge in [-0.05, 0) is 43.0 Å². The molecule has 0 aliphatic heterocycles. The Morgan fingerprint density at radius 2 is 1.80 bits per heavy atom. The highest BCUT2D eigenvalue weighted by Gasteiger charge is 2.21. The van der Waals surface area contributed by atoms with Crippen molar-refractivity contribution in [3.8, 4) is 0 Å². The maximum absolute atomic E-state index is 12.4. The summed E-state index contributed by atoms with van der Waals surface area (Å²) < 4.78 is 0. The fourth-order valence-electron chi connectivity index (χ4n) is 3.60. The van der Waals surface area contributed by atoms with Crippen LogP contribution < -0.4 is 16.0 Å². The van der Waals surface area contributed by atoms with Gasteiger partial charge < -0.3 is 16.0 Å². The number of nitrogens with two attached hydrogens (primary N) is 1. The number of nitrogen functional groups attached to an aromatic ring is 1. The maximum atomic E-state index is 12.4. The zero-order valence-corrected chi connectivity index (χ0v) is 14.9. The summed E-state index contributed by atoms with van der Waals surface area (Å²) in [5.74, 6) is 0.0236. The summed E-state index contributed by atoms with van der Waals surface area (Å²) in [4.78, 5) is 14.7. The van der Waals surface area contributed by atoms with E-state index in [4.69, 9.17) is 5.73 Å². The molecule has 2 aromatic carbocycles. The van der Waals surface area contributed by atoms with Gasteiger partial charge in [-0.2, -0.15) is 0 Å². The first-order chi connectivity index (χ1) is 12.1. The average molecular weight is 337 g/mol. The SMILES string of the molecule is CN(c1ccccc1NC(=O)CCc1ccccc1N)C1CCCC1. The van der Waals surface area contributed by atoms with Gasteiger partial charge in [0.2, 0.25) is 5.91 Å². The smallest absolute Gasteiger partial charge is 0.224 e. The number of carbonyl (C=O) groups excluding carboxylic acids is 1. The second-order valence-corrected chi connectivity index (χ2v) is 6.81. The molecule has 3 N–H and O–H groups in total. The lowest BCUT2D eigenvalue weighted by atomic mass is 10.1. The van der Waals surface area contributed by atoms with Gasteiger partial charge in [0.05, 0.1) is 11.4 Å². The number of para-hydroxylation sites is 3. The van der Waals surface area contributed by atoms with E-state index in [1.54, 1.807) is 0 Å². The highest BCUT2D eigenvalue weighted by Crippen LogP contribution is 2.31. The normalized spacial score (nSPS) is 14.4. The van der Waals surface area contributed by atoms with Crippen molar-refractivity contribution in [2.75, 3.05) is 23.0 Å². The predicted molar refractivity (Wildman–Crippen MR) is 105 cm³/mol. The first-order valence-corrected chi connectivity index (χ1v) is 9.10. The van der Waals surface area contributed by atoms with Gasteiger partial charge in [0.15, 0.2) is 0 Å². The van der Waals surface area contributed by atoms with Crippen LogP contribution in [0.15, 0.2) is 48.5 Å². The molecule has 0 heterocycles. The van der Waals surface area contributed by atoms with Crippen molar-refractivity contribution in [1.82, 2.24) is 0 Å². The van der Waals surface area contributed by atoms with Gasteiger partial charge in [-0.15, -0.1) is 0 Å². The predicted octanol–water partition coefficient (Wildman–Crippen LogP) is 4.22. The Morgan fingerprint density at radius 1 is 1.12 bits per heavy atom. The standard InChI is InChI=1S/C21H27N3O/c1-24(17-9-3-4-10-17)20-13-7-6-12-19(20)23-21(25)15-14-16-8-2-5-11-18(16)22/h2,5-8,11-13,17H,3-4,9-10,14-15,22H2,1H3,(H,23,25). The van der Waals surface area contributed by atoms with Crippen LogP contribution in [0.1, 0.15) is 37.7 Å². The van der Waals surface area contributed by atoms with E-state index >= 15 is 0 Å². The molecule has 1 saturated carbocycles. The van der Waals surface area contributed by atoms with Crippen molar-refractivity contribution in [2.45, 2.75) is 44.6 Å². The lowest BCUT2D eigenvalue weighted by Gasteiger charge is -2.28. The fourth-order valence-corrected chi connectivity index (χ4v) is 3.60. The van der Waals surface area contributed by atoms with Crippen LogP contribution >= 0.6 is 0 Å². The zero-order valence-electron chi connectivity index (χ0n) is 14.9. The maximum Gasteiger partial charge on any atom is 0.224 e. The molecular formula is C21H27N3O. The second-order valence-electron chi connectivity index (χ2n) is 6.81. The summed E-state index contributed by atoms with van der Waals surface area (Å²) in [5.41, 5.74) is 9.71. The molecule has 1 fully saturated rings. The number of hydrogen-bond acceptors (Lipinski definition) is 3. The third kappa shape index (κ3) is 4.32. The van der Waals surface area contributed by atoms with Gasteiger partial charge in [-0.3, -0.25) is 4.79 Å². The highest BCUT2D eigenvalue weighted by atomic mass is 16.1. The van der Waals surface area contributed by atoms with Crippen molar-refractivity contribution >= 4 is 23.0 Å². The van der Waals surface area contributed by atoms with E-state index in [0.29, 0.717) is 18.9 Å². The lowest BCUT2D eigenvalue weighted by Crippen LogP contribution is -2.29. The van der Waals surface area contributed by atoms with Crippen LogP contribution in [-0.2, 0) is 11.2 Å². The highest BCUT2D eigenvalue weighted by molar-refractivity contribution is 5.94. The number of carbonyl (C=O) groups is 1. The minimum absolute atomic E-state index is 0.0236. The third-order valence-electron chi connectivity index (χ3n) is 5.11. The molecular weight excluding hydrogens is 310 g/mol. The quantitative estimate of drug-likeness (QED) is 0.776. The Kier molecular flexibility index (Phi) is 5.59. The lowest BCUT2D eigenvalue weighted by molar-refractivity contribution is -0.116. The van der Waals surface area contributed by atoms with E-state index in [-0.39, 0.29) is 5.91 Å². The largest absolute Gasteiger partial charge is 0.399 e. The Bertz CT molecular complexity index is 723. The molecule has 4 nitrogen and oxygen atoms in total. The first kappa shape index (κ1) is 17.3. The Morgan fingerprint density at radius 3 is 2.56 bits per heavy atom. The van der Waals surface area contributed by atoms with Crippen molar-refractivity contribution < 1.29 is 4.79 Å². The monoisotopic (exact) mass is 337 g/mol. The number of benzene rings is 2. The van der Waals surface area contributed by atoms with E-state index in [2.05, 4.69) is 23.3 Å². The van der Waals surface area contributed by atoms with Gasteiger partial charge in [-0.1, -0.05) is 43.2 Å². The molecule has 25 heavy (non-hydrogen) atoms. The van der Waals surface area contributed by atoms with Crippen LogP contribution in [0.4, 0.5) is 17.1 Å². The van der Waals surface area contributed by atoms with Crippen molar-refractivity contribution in [3.05, 3.63) is 54.1 Å². The molecule has 1 aliphatic carbocycles. The number of amides is 1. The molecule has 132 valence electrons. The summed E-state index contributed by atoms with van der Waals surface area (Å²) in [6, 6.07) is 16.4. The number of rotatable bonds is 6. The number of nitrogens with one attached hydrogen (secondary N) is 1. The van der Waals surface area contributed by atoms with E-state index in [1.807, 2.05) is 42.5 Å². The topological polar surface area (TPSA) is 58.4 Å². The van der Waals surface area contributed by atoms with Crippen molar-refractivity contribution in [1.29, 1.82) is 0 Å². The van der Waals surface area contributed by atoms with E-state index in [1.165, 1.54) is 25.7 Å². The third-order valence-corrected chi connectivity index (χ3v) is 5.11. The summed E-state index contributed by atoms with van der Waals surface area (Å²) in [6.07, 6.45) is 6.12. The van der Waals surface area contributed by atoms with Crippen LogP contribution in [0, 0.1) is 0 Å². The Labute approximate surface area is 150 Å².